The van der Waals surface area contributed by atoms with Crippen LogP contribution in [0, 0.1) is 11.6 Å². The zero-order chi connectivity index (χ0) is 17.2. The molecular formula is C19H22F2N2O. The molecule has 0 heterocycles. The van der Waals surface area contributed by atoms with E-state index in [1.807, 2.05) is 18.2 Å². The summed E-state index contributed by atoms with van der Waals surface area (Å²) in [4.78, 5) is 0. The lowest BCUT2D eigenvalue weighted by atomic mass is 10.0. The predicted octanol–water partition coefficient (Wildman–Crippen LogP) is 2.47. The Hall–Kier alpha value is -1.82. The average molecular weight is 332 g/mol. The van der Waals surface area contributed by atoms with E-state index in [2.05, 4.69) is 17.4 Å². The van der Waals surface area contributed by atoms with E-state index in [-0.39, 0.29) is 12.0 Å². The van der Waals surface area contributed by atoms with Gasteiger partial charge in [-0.05, 0) is 42.5 Å². The summed E-state index contributed by atoms with van der Waals surface area (Å²) < 4.78 is 26.4. The number of benzene rings is 2. The maximum absolute atomic E-state index is 13.2. The molecule has 0 unspecified atom stereocenters. The minimum Gasteiger partial charge on any atom is -0.390 e. The second kappa shape index (κ2) is 6.97. The molecule has 3 rings (SSSR count). The van der Waals surface area contributed by atoms with Gasteiger partial charge in [0.1, 0.15) is 11.6 Å². The van der Waals surface area contributed by atoms with Crippen molar-refractivity contribution in [3.63, 3.8) is 0 Å². The van der Waals surface area contributed by atoms with Crippen molar-refractivity contribution in [1.82, 2.24) is 5.32 Å². The van der Waals surface area contributed by atoms with Crippen molar-refractivity contribution in [2.75, 3.05) is 6.54 Å². The minimum absolute atomic E-state index is 0.0765. The van der Waals surface area contributed by atoms with Crippen molar-refractivity contribution in [3.8, 4) is 0 Å². The SMILES string of the molecule is N[C@@H](Cc1cc(F)cc(F)c1)[C@H](O)CNC1(c2ccccc2)CC1. The molecule has 0 amide bonds. The summed E-state index contributed by atoms with van der Waals surface area (Å²) in [5.41, 5.74) is 7.58. The molecule has 3 nitrogen and oxygen atoms in total. The summed E-state index contributed by atoms with van der Waals surface area (Å²) in [6.45, 7) is 0.341. The Labute approximate surface area is 140 Å². The van der Waals surface area contributed by atoms with Gasteiger partial charge in [-0.15, -0.1) is 0 Å². The maximum Gasteiger partial charge on any atom is 0.126 e. The molecule has 1 aliphatic carbocycles. The molecule has 5 heteroatoms. The van der Waals surface area contributed by atoms with E-state index in [1.165, 1.54) is 17.7 Å². The van der Waals surface area contributed by atoms with Crippen LogP contribution in [0.4, 0.5) is 8.78 Å². The predicted molar refractivity (Wildman–Crippen MR) is 89.4 cm³/mol. The maximum atomic E-state index is 13.2. The third kappa shape index (κ3) is 3.98. The highest BCUT2D eigenvalue weighted by molar-refractivity contribution is 5.30. The largest absolute Gasteiger partial charge is 0.390 e. The normalized spacial score (nSPS) is 18.2. The fourth-order valence-corrected chi connectivity index (χ4v) is 3.04. The quantitative estimate of drug-likeness (QED) is 0.730. The summed E-state index contributed by atoms with van der Waals surface area (Å²) in [5, 5.41) is 13.7. The van der Waals surface area contributed by atoms with Gasteiger partial charge in [0.15, 0.2) is 0 Å². The number of hydrogen-bond acceptors (Lipinski definition) is 3. The topological polar surface area (TPSA) is 58.3 Å². The summed E-state index contributed by atoms with van der Waals surface area (Å²) in [6, 6.07) is 12.8. The van der Waals surface area contributed by atoms with Gasteiger partial charge < -0.3 is 16.2 Å². The Morgan fingerprint density at radius 2 is 1.71 bits per heavy atom. The number of nitrogens with one attached hydrogen (secondary N) is 1. The Balaban J connectivity index is 1.56. The lowest BCUT2D eigenvalue weighted by Gasteiger charge is -2.24. The Morgan fingerprint density at radius 3 is 2.29 bits per heavy atom. The van der Waals surface area contributed by atoms with E-state index in [1.54, 1.807) is 0 Å². The van der Waals surface area contributed by atoms with Crippen LogP contribution in [0.25, 0.3) is 0 Å². The Kier molecular flexibility index (Phi) is 4.94. The summed E-state index contributed by atoms with van der Waals surface area (Å²) in [7, 11) is 0. The van der Waals surface area contributed by atoms with E-state index in [0.29, 0.717) is 12.1 Å². The number of rotatable bonds is 7. The molecule has 1 aliphatic rings. The summed E-state index contributed by atoms with van der Waals surface area (Å²) in [5.74, 6) is -1.27. The molecule has 0 spiro atoms. The molecule has 2 aromatic rings. The fourth-order valence-electron chi connectivity index (χ4n) is 3.04. The Bertz CT molecular complexity index is 669. The molecule has 0 bridgehead atoms. The summed E-state index contributed by atoms with van der Waals surface area (Å²) in [6.07, 6.45) is 1.47. The van der Waals surface area contributed by atoms with Crippen LogP contribution in [-0.2, 0) is 12.0 Å². The molecule has 2 aromatic carbocycles. The first kappa shape index (κ1) is 17.0. The highest BCUT2D eigenvalue weighted by Gasteiger charge is 2.44. The highest BCUT2D eigenvalue weighted by atomic mass is 19.1. The van der Waals surface area contributed by atoms with Gasteiger partial charge in [-0.1, -0.05) is 30.3 Å². The lowest BCUT2D eigenvalue weighted by Crippen LogP contribution is -2.45. The van der Waals surface area contributed by atoms with E-state index >= 15 is 0 Å². The van der Waals surface area contributed by atoms with E-state index in [0.717, 1.165) is 18.9 Å². The van der Waals surface area contributed by atoms with Gasteiger partial charge in [-0.3, -0.25) is 0 Å². The minimum atomic E-state index is -0.794. The molecule has 0 aliphatic heterocycles. The van der Waals surface area contributed by atoms with Crippen LogP contribution in [0.2, 0.25) is 0 Å². The van der Waals surface area contributed by atoms with Gasteiger partial charge >= 0.3 is 0 Å². The number of aliphatic hydroxyl groups is 1. The molecule has 0 saturated heterocycles. The van der Waals surface area contributed by atoms with Crippen LogP contribution in [-0.4, -0.2) is 23.8 Å². The first-order valence-corrected chi connectivity index (χ1v) is 8.18. The Morgan fingerprint density at radius 1 is 1.08 bits per heavy atom. The molecule has 0 radical (unpaired) electrons. The van der Waals surface area contributed by atoms with E-state index in [9.17, 15) is 13.9 Å². The van der Waals surface area contributed by atoms with Crippen LogP contribution in [0.3, 0.4) is 0 Å². The highest BCUT2D eigenvalue weighted by Crippen LogP contribution is 2.45. The zero-order valence-corrected chi connectivity index (χ0v) is 13.4. The molecule has 2 atom stereocenters. The molecule has 1 fully saturated rings. The number of halogens is 2. The van der Waals surface area contributed by atoms with Gasteiger partial charge in [-0.2, -0.15) is 0 Å². The monoisotopic (exact) mass is 332 g/mol. The van der Waals surface area contributed by atoms with Gasteiger partial charge in [0.05, 0.1) is 6.10 Å². The standard InChI is InChI=1S/C19H22F2N2O/c20-15-8-13(9-16(21)11-15)10-17(22)18(24)12-23-19(6-7-19)14-4-2-1-3-5-14/h1-5,8-9,11,17-18,23-24H,6-7,10,12,22H2/t17-,18+/m0/s1. The molecule has 1 saturated carbocycles. The van der Waals surface area contributed by atoms with Crippen molar-refractivity contribution in [2.24, 2.45) is 5.73 Å². The van der Waals surface area contributed by atoms with Crippen molar-refractivity contribution in [2.45, 2.75) is 36.9 Å². The third-order valence-electron chi connectivity index (χ3n) is 4.61. The summed E-state index contributed by atoms with van der Waals surface area (Å²) >= 11 is 0. The first-order chi connectivity index (χ1) is 11.5. The van der Waals surface area contributed by atoms with Gasteiger partial charge in [0.2, 0.25) is 0 Å². The number of aliphatic hydroxyl groups excluding tert-OH is 1. The third-order valence-corrected chi connectivity index (χ3v) is 4.61. The van der Waals surface area contributed by atoms with Crippen LogP contribution >= 0.6 is 0 Å². The molecule has 24 heavy (non-hydrogen) atoms. The van der Waals surface area contributed by atoms with Gasteiger partial charge in [-0.25, -0.2) is 8.78 Å². The molecule has 128 valence electrons. The van der Waals surface area contributed by atoms with Crippen molar-refractivity contribution in [1.29, 1.82) is 0 Å². The van der Waals surface area contributed by atoms with Crippen LogP contribution in [0.5, 0.6) is 0 Å². The van der Waals surface area contributed by atoms with Gasteiger partial charge in [0.25, 0.3) is 0 Å². The average Bonchev–Trinajstić information content (AvgIpc) is 3.33. The second-order valence-electron chi connectivity index (χ2n) is 6.54. The first-order valence-electron chi connectivity index (χ1n) is 8.18. The van der Waals surface area contributed by atoms with E-state index < -0.39 is 23.8 Å². The second-order valence-corrected chi connectivity index (χ2v) is 6.54. The molecule has 4 N–H and O–H groups in total. The zero-order valence-electron chi connectivity index (χ0n) is 13.4. The van der Waals surface area contributed by atoms with Crippen molar-refractivity contribution in [3.05, 3.63) is 71.3 Å². The van der Waals surface area contributed by atoms with Crippen LogP contribution < -0.4 is 11.1 Å². The number of hydrogen-bond donors (Lipinski definition) is 3. The lowest BCUT2D eigenvalue weighted by molar-refractivity contribution is 0.136. The number of nitrogens with two attached hydrogens (primary N) is 1. The molecular weight excluding hydrogens is 310 g/mol. The fraction of sp³-hybridized carbons (Fsp3) is 0.368. The van der Waals surface area contributed by atoms with Gasteiger partial charge in [0, 0.05) is 24.2 Å². The molecule has 0 aromatic heterocycles. The van der Waals surface area contributed by atoms with E-state index in [4.69, 9.17) is 5.73 Å². The van der Waals surface area contributed by atoms with Crippen LogP contribution in [0.1, 0.15) is 24.0 Å². The smallest absolute Gasteiger partial charge is 0.126 e. The van der Waals surface area contributed by atoms with Crippen LogP contribution in [0.15, 0.2) is 48.5 Å². The van der Waals surface area contributed by atoms with Crippen molar-refractivity contribution < 1.29 is 13.9 Å². The van der Waals surface area contributed by atoms with Crippen molar-refractivity contribution >= 4 is 0 Å².